The number of aromatic nitrogens is 5. The van der Waals surface area contributed by atoms with Crippen LogP contribution in [0.5, 0.6) is 0 Å². The summed E-state index contributed by atoms with van der Waals surface area (Å²) in [6.07, 6.45) is 5.02. The van der Waals surface area contributed by atoms with Crippen LogP contribution in [0.15, 0.2) is 71.1 Å². The smallest absolute Gasteiger partial charge is 0.235 e. The summed E-state index contributed by atoms with van der Waals surface area (Å²) >= 11 is 7.55. The topological polar surface area (TPSA) is 90.8 Å². The minimum absolute atomic E-state index is 0.164. The fourth-order valence-corrected chi connectivity index (χ4v) is 4.11. The quantitative estimate of drug-likeness (QED) is 0.284. The maximum atomic E-state index is 12.6. The minimum Gasteiger partial charge on any atom is -0.469 e. The molecule has 10 heteroatoms. The Kier molecular flexibility index (Phi) is 6.77. The van der Waals surface area contributed by atoms with E-state index in [0.717, 1.165) is 16.9 Å². The minimum atomic E-state index is -0.176. The fourth-order valence-electron chi connectivity index (χ4n) is 3.17. The van der Waals surface area contributed by atoms with Gasteiger partial charge in [-0.25, -0.2) is 4.68 Å². The van der Waals surface area contributed by atoms with Gasteiger partial charge in [-0.15, -0.1) is 16.8 Å². The van der Waals surface area contributed by atoms with E-state index in [2.05, 4.69) is 27.2 Å². The Morgan fingerprint density at radius 2 is 2.12 bits per heavy atom. The molecular formula is C22H21ClN6O2S. The van der Waals surface area contributed by atoms with Gasteiger partial charge in [-0.2, -0.15) is 5.10 Å². The van der Waals surface area contributed by atoms with E-state index in [1.165, 1.54) is 11.8 Å². The Morgan fingerprint density at radius 3 is 2.88 bits per heavy atom. The molecule has 0 spiro atoms. The van der Waals surface area contributed by atoms with E-state index in [1.807, 2.05) is 41.8 Å². The summed E-state index contributed by atoms with van der Waals surface area (Å²) in [5.41, 5.74) is 1.78. The second-order valence-corrected chi connectivity index (χ2v) is 8.25. The summed E-state index contributed by atoms with van der Waals surface area (Å²) in [5.74, 6) is 2.01. The van der Waals surface area contributed by atoms with Gasteiger partial charge in [0.1, 0.15) is 11.6 Å². The largest absolute Gasteiger partial charge is 0.469 e. The predicted molar refractivity (Wildman–Crippen MR) is 125 cm³/mol. The number of anilines is 1. The van der Waals surface area contributed by atoms with E-state index in [4.69, 9.17) is 16.0 Å². The molecule has 0 fully saturated rings. The first-order valence-corrected chi connectivity index (χ1v) is 11.2. The molecule has 0 aliphatic heterocycles. The molecule has 32 heavy (non-hydrogen) atoms. The van der Waals surface area contributed by atoms with Gasteiger partial charge in [-0.1, -0.05) is 47.6 Å². The number of hydrogen-bond acceptors (Lipinski definition) is 6. The molecule has 0 saturated heterocycles. The number of nitrogens with zero attached hydrogens (tertiary/aromatic N) is 5. The zero-order valence-corrected chi connectivity index (χ0v) is 18.9. The summed E-state index contributed by atoms with van der Waals surface area (Å²) in [7, 11) is 0. The number of furan rings is 1. The van der Waals surface area contributed by atoms with E-state index < -0.39 is 0 Å². The molecule has 1 aromatic carbocycles. The van der Waals surface area contributed by atoms with Gasteiger partial charge < -0.3 is 9.73 Å². The first-order chi connectivity index (χ1) is 15.6. The third-order valence-electron chi connectivity index (χ3n) is 4.72. The van der Waals surface area contributed by atoms with Crippen LogP contribution < -0.4 is 5.32 Å². The van der Waals surface area contributed by atoms with Crippen LogP contribution in [0.3, 0.4) is 0 Å². The Hall–Kier alpha value is -3.30. The summed E-state index contributed by atoms with van der Waals surface area (Å²) in [4.78, 5) is 12.6. The Bertz CT molecular complexity index is 1240. The van der Waals surface area contributed by atoms with E-state index in [0.29, 0.717) is 34.9 Å². The molecule has 0 atom stereocenters. The lowest BCUT2D eigenvalue weighted by Crippen LogP contribution is -2.18. The van der Waals surface area contributed by atoms with Crippen LogP contribution in [0.1, 0.15) is 11.3 Å². The van der Waals surface area contributed by atoms with Gasteiger partial charge in [-0.3, -0.25) is 9.36 Å². The SMILES string of the molecule is C=CCn1c(SCC(=O)Nc2ccnn2Cc2ccccc2Cl)nnc1-c1ccoc1C. The number of carbonyl (C=O) groups is 1. The van der Waals surface area contributed by atoms with Crippen molar-refractivity contribution < 1.29 is 9.21 Å². The van der Waals surface area contributed by atoms with Gasteiger partial charge in [-0.05, 0) is 24.6 Å². The molecule has 0 unspecified atom stereocenters. The van der Waals surface area contributed by atoms with Crippen molar-refractivity contribution in [3.8, 4) is 11.4 Å². The molecule has 1 N–H and O–H groups in total. The molecule has 3 heterocycles. The number of carbonyl (C=O) groups excluding carboxylic acids is 1. The summed E-state index contributed by atoms with van der Waals surface area (Å²) < 4.78 is 8.99. The highest BCUT2D eigenvalue weighted by molar-refractivity contribution is 7.99. The lowest BCUT2D eigenvalue weighted by molar-refractivity contribution is -0.113. The molecule has 0 saturated carbocycles. The Morgan fingerprint density at radius 1 is 1.28 bits per heavy atom. The molecule has 0 aliphatic rings. The van der Waals surface area contributed by atoms with Gasteiger partial charge in [0.05, 0.1) is 30.3 Å². The summed E-state index contributed by atoms with van der Waals surface area (Å²) in [6, 6.07) is 11.1. The van der Waals surface area contributed by atoms with Crippen molar-refractivity contribution in [3.05, 3.63) is 77.9 Å². The van der Waals surface area contributed by atoms with Crippen molar-refractivity contribution in [2.24, 2.45) is 0 Å². The van der Waals surface area contributed by atoms with Crippen LogP contribution in [0.25, 0.3) is 11.4 Å². The van der Waals surface area contributed by atoms with Gasteiger partial charge >= 0.3 is 0 Å². The molecule has 0 bridgehead atoms. The third kappa shape index (κ3) is 4.79. The number of nitrogens with one attached hydrogen (secondary N) is 1. The molecule has 0 aliphatic carbocycles. The molecule has 4 rings (SSSR count). The van der Waals surface area contributed by atoms with E-state index >= 15 is 0 Å². The van der Waals surface area contributed by atoms with Crippen LogP contribution in [0, 0.1) is 6.92 Å². The Labute approximate surface area is 194 Å². The lowest BCUT2D eigenvalue weighted by Gasteiger charge is -2.10. The first-order valence-electron chi connectivity index (χ1n) is 9.83. The number of rotatable bonds is 9. The van der Waals surface area contributed by atoms with E-state index in [9.17, 15) is 4.79 Å². The maximum absolute atomic E-state index is 12.6. The second kappa shape index (κ2) is 9.88. The number of amides is 1. The van der Waals surface area contributed by atoms with Crippen LogP contribution >= 0.6 is 23.4 Å². The highest BCUT2D eigenvalue weighted by Crippen LogP contribution is 2.27. The Balaban J connectivity index is 1.43. The lowest BCUT2D eigenvalue weighted by atomic mass is 10.2. The summed E-state index contributed by atoms with van der Waals surface area (Å²) in [6.45, 7) is 6.65. The van der Waals surface area contributed by atoms with Crippen LogP contribution in [-0.2, 0) is 17.9 Å². The van der Waals surface area contributed by atoms with Crippen LogP contribution in [0.4, 0.5) is 5.82 Å². The molecular weight excluding hydrogens is 448 g/mol. The van der Waals surface area contributed by atoms with Gasteiger partial charge in [0.25, 0.3) is 0 Å². The van der Waals surface area contributed by atoms with Crippen molar-refractivity contribution in [2.75, 3.05) is 11.1 Å². The average Bonchev–Trinajstić information content (AvgIpc) is 3.49. The first kappa shape index (κ1) is 21.9. The molecule has 4 aromatic rings. The van der Waals surface area contributed by atoms with Crippen molar-refractivity contribution in [1.29, 1.82) is 0 Å². The fraction of sp³-hybridized carbons (Fsp3) is 0.182. The summed E-state index contributed by atoms with van der Waals surface area (Å²) in [5, 5.41) is 17.0. The number of hydrogen-bond donors (Lipinski definition) is 1. The van der Waals surface area contributed by atoms with Crippen LogP contribution in [-0.4, -0.2) is 36.2 Å². The van der Waals surface area contributed by atoms with Gasteiger partial charge in [0.15, 0.2) is 11.0 Å². The van der Waals surface area contributed by atoms with Crippen molar-refractivity contribution >= 4 is 35.1 Å². The van der Waals surface area contributed by atoms with Gasteiger partial charge in [0.2, 0.25) is 5.91 Å². The number of halogens is 1. The third-order valence-corrected chi connectivity index (χ3v) is 6.06. The number of aryl methyl sites for hydroxylation is 1. The van der Waals surface area contributed by atoms with Gasteiger partial charge in [0, 0.05) is 17.6 Å². The maximum Gasteiger partial charge on any atom is 0.235 e. The normalized spacial score (nSPS) is 10.9. The van der Waals surface area contributed by atoms with Crippen molar-refractivity contribution in [1.82, 2.24) is 24.5 Å². The molecule has 3 aromatic heterocycles. The average molecular weight is 469 g/mol. The monoisotopic (exact) mass is 468 g/mol. The molecule has 164 valence electrons. The zero-order valence-electron chi connectivity index (χ0n) is 17.4. The van der Waals surface area contributed by atoms with E-state index in [-0.39, 0.29) is 11.7 Å². The molecule has 8 nitrogen and oxygen atoms in total. The molecule has 0 radical (unpaired) electrons. The predicted octanol–water partition coefficient (Wildman–Crippen LogP) is 4.66. The number of benzene rings is 1. The standard InChI is InChI=1S/C22H21ClN6O2S/c1-3-11-28-21(17-9-12-31-15(17)2)26-27-22(28)32-14-20(30)25-19-8-10-24-29(19)13-16-6-4-5-7-18(16)23/h3-10,12H,1,11,13-14H2,2H3,(H,25,30). The zero-order chi connectivity index (χ0) is 22.5. The highest BCUT2D eigenvalue weighted by atomic mass is 35.5. The second-order valence-electron chi connectivity index (χ2n) is 6.90. The van der Waals surface area contributed by atoms with Crippen molar-refractivity contribution in [2.45, 2.75) is 25.2 Å². The highest BCUT2D eigenvalue weighted by Gasteiger charge is 2.18. The number of allylic oxidation sites excluding steroid dienone is 1. The van der Waals surface area contributed by atoms with E-state index in [1.54, 1.807) is 29.3 Å². The van der Waals surface area contributed by atoms with Crippen LogP contribution in [0.2, 0.25) is 5.02 Å². The van der Waals surface area contributed by atoms with Crippen molar-refractivity contribution in [3.63, 3.8) is 0 Å². The molecule has 1 amide bonds. The number of thioether (sulfide) groups is 1.